The molecule has 1 rings (SSSR count). The normalized spacial score (nSPS) is 10.9. The molecular weight excluding hydrogens is 263 g/mol. The van der Waals surface area contributed by atoms with Gasteiger partial charge in [0.1, 0.15) is 11.4 Å². The first-order chi connectivity index (χ1) is 9.10. The lowest BCUT2D eigenvalue weighted by Gasteiger charge is -2.22. The zero-order chi connectivity index (χ0) is 15.5. The maximum Gasteiger partial charge on any atom is 0.412 e. The highest BCUT2D eigenvalue weighted by atomic mass is 19.1. The van der Waals surface area contributed by atoms with Crippen molar-refractivity contribution in [2.75, 3.05) is 17.3 Å². The summed E-state index contributed by atoms with van der Waals surface area (Å²) in [6.45, 7) is 6.54. The zero-order valence-corrected chi connectivity index (χ0v) is 12.3. The number of carbonyl (C=O) groups excluding carboxylic acids is 2. The zero-order valence-electron chi connectivity index (χ0n) is 12.3. The second-order valence-electron chi connectivity index (χ2n) is 5.37. The third-order valence-corrected chi connectivity index (χ3v) is 2.43. The Labute approximate surface area is 117 Å². The molecule has 1 aromatic carbocycles. The van der Waals surface area contributed by atoms with E-state index in [1.807, 2.05) is 0 Å². The third kappa shape index (κ3) is 4.53. The van der Waals surface area contributed by atoms with Gasteiger partial charge in [0.05, 0.1) is 11.4 Å². The molecule has 5 nitrogen and oxygen atoms in total. The summed E-state index contributed by atoms with van der Waals surface area (Å²) in [5.74, 6) is -0.749. The SMILES string of the molecule is CC(=O)N(C)c1ccc(F)cc1NC(=O)OC(C)(C)C. The molecule has 0 aliphatic heterocycles. The van der Waals surface area contributed by atoms with Crippen LogP contribution in [0.3, 0.4) is 0 Å². The Hall–Kier alpha value is -2.11. The maximum absolute atomic E-state index is 13.3. The molecule has 1 N–H and O–H groups in total. The van der Waals surface area contributed by atoms with Crippen molar-refractivity contribution in [3.63, 3.8) is 0 Å². The van der Waals surface area contributed by atoms with Gasteiger partial charge in [0.2, 0.25) is 5.91 Å². The number of carbonyl (C=O) groups is 2. The highest BCUT2D eigenvalue weighted by Gasteiger charge is 2.19. The average Bonchev–Trinajstić information content (AvgIpc) is 2.25. The fraction of sp³-hybridized carbons (Fsp3) is 0.429. The maximum atomic E-state index is 13.3. The molecule has 0 spiro atoms. The van der Waals surface area contributed by atoms with Crippen molar-refractivity contribution in [1.29, 1.82) is 0 Å². The van der Waals surface area contributed by atoms with Crippen LogP contribution >= 0.6 is 0 Å². The van der Waals surface area contributed by atoms with Crippen LogP contribution in [0.1, 0.15) is 27.7 Å². The van der Waals surface area contributed by atoms with Crippen LogP contribution in [-0.4, -0.2) is 24.6 Å². The highest BCUT2D eigenvalue weighted by molar-refractivity contribution is 5.98. The molecule has 2 amide bonds. The Morgan fingerprint density at radius 1 is 1.30 bits per heavy atom. The fourth-order valence-corrected chi connectivity index (χ4v) is 1.48. The van der Waals surface area contributed by atoms with Crippen LogP contribution < -0.4 is 10.2 Å². The van der Waals surface area contributed by atoms with E-state index in [4.69, 9.17) is 4.74 Å². The Balaban J connectivity index is 3.01. The number of hydrogen-bond donors (Lipinski definition) is 1. The fourth-order valence-electron chi connectivity index (χ4n) is 1.48. The second kappa shape index (κ2) is 5.90. The first kappa shape index (κ1) is 15.9. The number of halogens is 1. The Morgan fingerprint density at radius 2 is 1.90 bits per heavy atom. The van der Waals surface area contributed by atoms with E-state index in [0.29, 0.717) is 5.69 Å². The monoisotopic (exact) mass is 282 g/mol. The lowest BCUT2D eigenvalue weighted by molar-refractivity contribution is -0.116. The van der Waals surface area contributed by atoms with Crippen LogP contribution in [0.5, 0.6) is 0 Å². The van der Waals surface area contributed by atoms with E-state index in [9.17, 15) is 14.0 Å². The Bertz CT molecular complexity index is 524. The number of nitrogens with zero attached hydrogens (tertiary/aromatic N) is 1. The quantitative estimate of drug-likeness (QED) is 0.906. The molecule has 0 unspecified atom stereocenters. The third-order valence-electron chi connectivity index (χ3n) is 2.43. The van der Waals surface area contributed by atoms with Gasteiger partial charge >= 0.3 is 6.09 Å². The molecule has 0 aromatic heterocycles. The predicted octanol–water partition coefficient (Wildman–Crippen LogP) is 3.16. The summed E-state index contributed by atoms with van der Waals surface area (Å²) in [5, 5.41) is 2.45. The van der Waals surface area contributed by atoms with Gasteiger partial charge in [-0.25, -0.2) is 9.18 Å². The molecular formula is C14H19FN2O3. The molecule has 0 saturated carbocycles. The number of amides is 2. The van der Waals surface area contributed by atoms with E-state index in [0.717, 1.165) is 6.07 Å². The van der Waals surface area contributed by atoms with Gasteiger partial charge in [0, 0.05) is 14.0 Å². The van der Waals surface area contributed by atoms with Crippen LogP contribution in [-0.2, 0) is 9.53 Å². The van der Waals surface area contributed by atoms with Crippen LogP contribution in [0.15, 0.2) is 18.2 Å². The van der Waals surface area contributed by atoms with Crippen molar-refractivity contribution >= 4 is 23.4 Å². The summed E-state index contributed by atoms with van der Waals surface area (Å²) in [5.41, 5.74) is -0.0916. The van der Waals surface area contributed by atoms with Gasteiger partial charge < -0.3 is 9.64 Å². The molecule has 0 bridgehead atoms. The van der Waals surface area contributed by atoms with Crippen molar-refractivity contribution in [2.24, 2.45) is 0 Å². The van der Waals surface area contributed by atoms with Gasteiger partial charge in [-0.3, -0.25) is 10.1 Å². The summed E-state index contributed by atoms with van der Waals surface area (Å²) >= 11 is 0. The number of ether oxygens (including phenoxy) is 1. The van der Waals surface area contributed by atoms with Gasteiger partial charge in [-0.15, -0.1) is 0 Å². The Morgan fingerprint density at radius 3 is 2.40 bits per heavy atom. The van der Waals surface area contributed by atoms with Crippen LogP contribution in [0.4, 0.5) is 20.6 Å². The lowest BCUT2D eigenvalue weighted by atomic mass is 10.2. The smallest absolute Gasteiger partial charge is 0.412 e. The topological polar surface area (TPSA) is 58.6 Å². The molecule has 6 heteroatoms. The largest absolute Gasteiger partial charge is 0.444 e. The number of rotatable bonds is 2. The predicted molar refractivity (Wildman–Crippen MR) is 75.3 cm³/mol. The highest BCUT2D eigenvalue weighted by Crippen LogP contribution is 2.26. The minimum absolute atomic E-state index is 0.178. The van der Waals surface area contributed by atoms with E-state index >= 15 is 0 Å². The minimum atomic E-state index is -0.707. The molecule has 0 fully saturated rings. The van der Waals surface area contributed by atoms with Crippen molar-refractivity contribution < 1.29 is 18.7 Å². The standard InChI is InChI=1S/C14H19FN2O3/c1-9(18)17(5)12-7-6-10(15)8-11(12)16-13(19)20-14(2,3)4/h6-8H,1-5H3,(H,16,19). The average molecular weight is 282 g/mol. The molecule has 110 valence electrons. The molecule has 0 saturated heterocycles. The summed E-state index contributed by atoms with van der Waals surface area (Å²) in [6.07, 6.45) is -0.707. The molecule has 1 aromatic rings. The van der Waals surface area contributed by atoms with Crippen LogP contribution in [0.25, 0.3) is 0 Å². The molecule has 0 aliphatic rings. The lowest BCUT2D eigenvalue weighted by Crippen LogP contribution is -2.29. The van der Waals surface area contributed by atoms with E-state index in [1.54, 1.807) is 20.8 Å². The molecule has 0 heterocycles. The first-order valence-electron chi connectivity index (χ1n) is 6.14. The van der Waals surface area contributed by atoms with Crippen molar-refractivity contribution in [1.82, 2.24) is 0 Å². The summed E-state index contributed by atoms with van der Waals surface area (Å²) < 4.78 is 18.4. The minimum Gasteiger partial charge on any atom is -0.444 e. The van der Waals surface area contributed by atoms with E-state index in [-0.39, 0.29) is 11.6 Å². The van der Waals surface area contributed by atoms with E-state index < -0.39 is 17.5 Å². The van der Waals surface area contributed by atoms with Crippen LogP contribution in [0, 0.1) is 5.82 Å². The molecule has 0 aliphatic carbocycles. The summed E-state index contributed by atoms with van der Waals surface area (Å²) in [6, 6.07) is 3.77. The van der Waals surface area contributed by atoms with Crippen molar-refractivity contribution in [3.8, 4) is 0 Å². The number of hydrogen-bond acceptors (Lipinski definition) is 3. The van der Waals surface area contributed by atoms with Gasteiger partial charge in [-0.05, 0) is 39.0 Å². The molecule has 0 atom stereocenters. The van der Waals surface area contributed by atoms with Gasteiger partial charge in [-0.1, -0.05) is 0 Å². The van der Waals surface area contributed by atoms with Gasteiger partial charge in [-0.2, -0.15) is 0 Å². The second-order valence-corrected chi connectivity index (χ2v) is 5.37. The van der Waals surface area contributed by atoms with E-state index in [2.05, 4.69) is 5.32 Å². The molecule has 20 heavy (non-hydrogen) atoms. The van der Waals surface area contributed by atoms with Crippen molar-refractivity contribution in [3.05, 3.63) is 24.0 Å². The molecule has 0 radical (unpaired) electrons. The van der Waals surface area contributed by atoms with E-state index in [1.165, 1.54) is 31.0 Å². The van der Waals surface area contributed by atoms with Crippen LogP contribution in [0.2, 0.25) is 0 Å². The van der Waals surface area contributed by atoms with Crippen molar-refractivity contribution in [2.45, 2.75) is 33.3 Å². The number of anilines is 2. The Kier molecular flexibility index (Phi) is 4.70. The summed E-state index contributed by atoms with van der Waals surface area (Å²) in [4.78, 5) is 24.4. The summed E-state index contributed by atoms with van der Waals surface area (Å²) in [7, 11) is 1.54. The van der Waals surface area contributed by atoms with Gasteiger partial charge in [0.15, 0.2) is 0 Å². The number of nitrogens with one attached hydrogen (secondary N) is 1. The number of benzene rings is 1. The first-order valence-corrected chi connectivity index (χ1v) is 6.14. The van der Waals surface area contributed by atoms with Gasteiger partial charge in [0.25, 0.3) is 0 Å².